The highest BCUT2D eigenvalue weighted by atomic mass is 32.1. The van der Waals surface area contributed by atoms with Gasteiger partial charge in [-0.3, -0.25) is 9.78 Å². The van der Waals surface area contributed by atoms with Crippen molar-refractivity contribution in [3.63, 3.8) is 0 Å². The molecule has 2 aromatic rings. The quantitative estimate of drug-likeness (QED) is 0.871. The number of rotatable bonds is 1. The summed E-state index contributed by atoms with van der Waals surface area (Å²) in [5, 5.41) is 4.19. The molecule has 1 aliphatic carbocycles. The van der Waals surface area contributed by atoms with Crippen molar-refractivity contribution in [1.82, 2.24) is 4.98 Å². The fourth-order valence-corrected chi connectivity index (χ4v) is 5.07. The van der Waals surface area contributed by atoms with Crippen LogP contribution < -0.4 is 5.32 Å². The Kier molecular flexibility index (Phi) is 3.07. The van der Waals surface area contributed by atoms with Crippen molar-refractivity contribution in [3.05, 3.63) is 46.1 Å². The molecule has 21 heavy (non-hydrogen) atoms. The summed E-state index contributed by atoms with van der Waals surface area (Å²) in [5.74, 6) is 1.09. The van der Waals surface area contributed by atoms with E-state index in [0.29, 0.717) is 6.42 Å². The third-order valence-electron chi connectivity index (χ3n) is 4.65. The fourth-order valence-electron chi connectivity index (χ4n) is 3.58. The lowest BCUT2D eigenvalue weighted by Gasteiger charge is -2.26. The van der Waals surface area contributed by atoms with E-state index in [2.05, 4.69) is 17.2 Å². The van der Waals surface area contributed by atoms with E-state index in [9.17, 15) is 4.79 Å². The highest BCUT2D eigenvalue weighted by Crippen LogP contribution is 2.48. The number of carbonyl (C=O) groups excluding carboxylic acids is 1. The molecule has 0 unspecified atom stereocenters. The van der Waals surface area contributed by atoms with Gasteiger partial charge in [0, 0.05) is 29.6 Å². The first-order valence-electron chi connectivity index (χ1n) is 7.56. The van der Waals surface area contributed by atoms with Gasteiger partial charge in [0.2, 0.25) is 5.91 Å². The summed E-state index contributed by atoms with van der Waals surface area (Å²) in [5.41, 5.74) is 4.10. The van der Waals surface area contributed by atoms with Gasteiger partial charge in [-0.2, -0.15) is 0 Å². The molecular weight excluding hydrogens is 280 g/mol. The molecule has 2 atom stereocenters. The molecule has 0 bridgehead atoms. The van der Waals surface area contributed by atoms with Crippen molar-refractivity contribution in [2.24, 2.45) is 5.92 Å². The van der Waals surface area contributed by atoms with Crippen LogP contribution in [0.25, 0.3) is 0 Å². The minimum Gasteiger partial charge on any atom is -0.317 e. The second-order valence-electron chi connectivity index (χ2n) is 6.18. The molecule has 4 rings (SSSR count). The van der Waals surface area contributed by atoms with E-state index < -0.39 is 0 Å². The number of hydrogen-bond donors (Lipinski definition) is 1. The summed E-state index contributed by atoms with van der Waals surface area (Å²) in [6.07, 6.45) is 7.76. The highest BCUT2D eigenvalue weighted by molar-refractivity contribution is 7.16. The number of hydrogen-bond acceptors (Lipinski definition) is 3. The molecule has 3 heterocycles. The van der Waals surface area contributed by atoms with Gasteiger partial charge >= 0.3 is 0 Å². The Hall–Kier alpha value is -1.68. The van der Waals surface area contributed by atoms with E-state index in [1.807, 2.05) is 24.5 Å². The van der Waals surface area contributed by atoms with Crippen LogP contribution in [-0.4, -0.2) is 10.9 Å². The average Bonchev–Trinajstić information content (AvgIpc) is 2.84. The van der Waals surface area contributed by atoms with E-state index in [1.54, 1.807) is 11.3 Å². The monoisotopic (exact) mass is 298 g/mol. The van der Waals surface area contributed by atoms with Crippen LogP contribution in [0.2, 0.25) is 0 Å². The summed E-state index contributed by atoms with van der Waals surface area (Å²) in [6, 6.07) is 4.09. The van der Waals surface area contributed by atoms with Crippen LogP contribution >= 0.6 is 11.3 Å². The molecule has 1 N–H and O–H groups in total. The SMILES string of the molecule is C[C@H]1CCc2c(sc3c2[C@H](c2ccncc2)CC(=O)N3)C1. The zero-order valence-corrected chi connectivity index (χ0v) is 12.9. The Balaban J connectivity index is 1.84. The number of thiophene rings is 1. The number of amides is 1. The first kappa shape index (κ1) is 13.0. The number of anilines is 1. The lowest BCUT2D eigenvalue weighted by molar-refractivity contribution is -0.116. The number of nitrogens with one attached hydrogen (secondary N) is 1. The van der Waals surface area contributed by atoms with Gasteiger partial charge in [0.05, 0.1) is 5.00 Å². The highest BCUT2D eigenvalue weighted by Gasteiger charge is 2.34. The summed E-state index contributed by atoms with van der Waals surface area (Å²) >= 11 is 1.80. The van der Waals surface area contributed by atoms with Gasteiger partial charge in [0.25, 0.3) is 0 Å². The second-order valence-corrected chi connectivity index (χ2v) is 7.29. The molecule has 0 fully saturated rings. The van der Waals surface area contributed by atoms with Crippen LogP contribution in [-0.2, 0) is 17.6 Å². The molecule has 108 valence electrons. The number of aromatic nitrogens is 1. The Labute approximate surface area is 128 Å². The summed E-state index contributed by atoms with van der Waals surface area (Å²) < 4.78 is 0. The predicted molar refractivity (Wildman–Crippen MR) is 84.8 cm³/mol. The summed E-state index contributed by atoms with van der Waals surface area (Å²) in [4.78, 5) is 17.7. The fraction of sp³-hybridized carbons (Fsp3) is 0.412. The van der Waals surface area contributed by atoms with Gasteiger partial charge in [0.1, 0.15) is 0 Å². The predicted octanol–water partition coefficient (Wildman–Crippen LogP) is 3.74. The van der Waals surface area contributed by atoms with Gasteiger partial charge in [-0.05, 0) is 54.0 Å². The topological polar surface area (TPSA) is 42.0 Å². The standard InChI is InChI=1S/C17H18N2OS/c1-10-2-3-12-14(8-10)21-17-16(12)13(9-15(20)19-17)11-4-6-18-7-5-11/h4-7,10,13H,2-3,8-9H2,1H3,(H,19,20)/t10-,13-/m0/s1. The molecule has 0 radical (unpaired) electrons. The van der Waals surface area contributed by atoms with Crippen molar-refractivity contribution in [1.29, 1.82) is 0 Å². The lowest BCUT2D eigenvalue weighted by atomic mass is 9.80. The van der Waals surface area contributed by atoms with Crippen LogP contribution in [0.15, 0.2) is 24.5 Å². The van der Waals surface area contributed by atoms with E-state index in [0.717, 1.165) is 23.8 Å². The minimum atomic E-state index is 0.135. The smallest absolute Gasteiger partial charge is 0.225 e. The van der Waals surface area contributed by atoms with Crippen LogP contribution in [0.3, 0.4) is 0 Å². The van der Waals surface area contributed by atoms with E-state index in [1.165, 1.54) is 28.0 Å². The molecular formula is C17H18N2OS. The van der Waals surface area contributed by atoms with Gasteiger partial charge < -0.3 is 5.32 Å². The largest absolute Gasteiger partial charge is 0.317 e. The third kappa shape index (κ3) is 2.18. The molecule has 2 aromatic heterocycles. The molecule has 4 heteroatoms. The number of nitrogens with zero attached hydrogens (tertiary/aromatic N) is 1. The normalized spacial score (nSPS) is 24.1. The Morgan fingerprint density at radius 3 is 2.90 bits per heavy atom. The van der Waals surface area contributed by atoms with Gasteiger partial charge in [0.15, 0.2) is 0 Å². The lowest BCUT2D eigenvalue weighted by Crippen LogP contribution is -2.23. The van der Waals surface area contributed by atoms with E-state index in [4.69, 9.17) is 0 Å². The van der Waals surface area contributed by atoms with Crippen molar-refractivity contribution in [3.8, 4) is 0 Å². The van der Waals surface area contributed by atoms with E-state index in [-0.39, 0.29) is 11.8 Å². The molecule has 0 aromatic carbocycles. The van der Waals surface area contributed by atoms with Crippen molar-refractivity contribution < 1.29 is 4.79 Å². The molecule has 0 saturated carbocycles. The number of fused-ring (bicyclic) bond motifs is 3. The van der Waals surface area contributed by atoms with Crippen LogP contribution in [0.4, 0.5) is 5.00 Å². The molecule has 0 spiro atoms. The third-order valence-corrected chi connectivity index (χ3v) is 5.84. The van der Waals surface area contributed by atoms with E-state index >= 15 is 0 Å². The second kappa shape index (κ2) is 4.95. The molecule has 0 saturated heterocycles. The minimum absolute atomic E-state index is 0.135. The maximum Gasteiger partial charge on any atom is 0.225 e. The van der Waals surface area contributed by atoms with Crippen molar-refractivity contribution in [2.75, 3.05) is 5.32 Å². The molecule has 1 aliphatic heterocycles. The van der Waals surface area contributed by atoms with Crippen LogP contribution in [0, 0.1) is 5.92 Å². The number of carbonyl (C=O) groups is 1. The summed E-state index contributed by atoms with van der Waals surface area (Å²) in [6.45, 7) is 2.32. The maximum atomic E-state index is 12.1. The maximum absolute atomic E-state index is 12.1. The first-order chi connectivity index (χ1) is 10.2. The molecule has 1 amide bonds. The van der Waals surface area contributed by atoms with Crippen LogP contribution in [0.5, 0.6) is 0 Å². The van der Waals surface area contributed by atoms with Crippen molar-refractivity contribution >= 4 is 22.2 Å². The Morgan fingerprint density at radius 1 is 1.29 bits per heavy atom. The summed E-state index contributed by atoms with van der Waals surface area (Å²) in [7, 11) is 0. The first-order valence-corrected chi connectivity index (χ1v) is 8.38. The van der Waals surface area contributed by atoms with Crippen molar-refractivity contribution in [2.45, 2.75) is 38.5 Å². The zero-order chi connectivity index (χ0) is 14.4. The van der Waals surface area contributed by atoms with Crippen LogP contribution in [0.1, 0.15) is 47.3 Å². The van der Waals surface area contributed by atoms with Gasteiger partial charge in [-0.25, -0.2) is 0 Å². The zero-order valence-electron chi connectivity index (χ0n) is 12.1. The average molecular weight is 298 g/mol. The van der Waals surface area contributed by atoms with Gasteiger partial charge in [-0.15, -0.1) is 11.3 Å². The Morgan fingerprint density at radius 2 is 2.10 bits per heavy atom. The molecule has 3 nitrogen and oxygen atoms in total. The Bertz CT molecular complexity index is 692. The molecule has 2 aliphatic rings. The van der Waals surface area contributed by atoms with Gasteiger partial charge in [-0.1, -0.05) is 6.92 Å². The number of pyridine rings is 1.